The van der Waals surface area contributed by atoms with Gasteiger partial charge in [-0.25, -0.2) is 9.59 Å². The van der Waals surface area contributed by atoms with E-state index in [0.29, 0.717) is 6.54 Å². The number of hydrogen-bond acceptors (Lipinski definition) is 3. The van der Waals surface area contributed by atoms with Gasteiger partial charge in [-0.3, -0.25) is 0 Å². The van der Waals surface area contributed by atoms with E-state index in [1.54, 1.807) is 0 Å². The first-order chi connectivity index (χ1) is 9.54. The number of amides is 2. The highest BCUT2D eigenvalue weighted by atomic mass is 16.5. The molecule has 1 unspecified atom stereocenters. The lowest BCUT2D eigenvalue weighted by Crippen LogP contribution is -2.43. The monoisotopic (exact) mass is 280 g/mol. The molecule has 1 atom stereocenters. The number of urea groups is 1. The third-order valence-electron chi connectivity index (χ3n) is 2.95. The molecule has 0 aliphatic rings. The van der Waals surface area contributed by atoms with Crippen LogP contribution in [0.25, 0.3) is 0 Å². The van der Waals surface area contributed by atoms with E-state index in [2.05, 4.69) is 10.6 Å². The average molecular weight is 280 g/mol. The zero-order valence-electron chi connectivity index (χ0n) is 11.7. The van der Waals surface area contributed by atoms with Crippen LogP contribution in [0.3, 0.4) is 0 Å². The smallest absolute Gasteiger partial charge is 0.334 e. The summed E-state index contributed by atoms with van der Waals surface area (Å²) in [4.78, 5) is 22.2. The molecule has 0 aliphatic heterocycles. The number of ether oxygens (including phenoxy) is 1. The van der Waals surface area contributed by atoms with E-state index >= 15 is 0 Å². The topological polar surface area (TPSA) is 87.7 Å². The highest BCUT2D eigenvalue weighted by molar-refractivity contribution is 5.76. The summed E-state index contributed by atoms with van der Waals surface area (Å²) in [5, 5.41) is 13.9. The first kappa shape index (κ1) is 16.0. The standard InChI is InChI=1S/C14H20N2O4/c1-10-5-3-4-6-11(10)7-8-15-14(19)16-9-12(20-2)13(17)18/h3-6,12H,7-9H2,1-2H3,(H,17,18)(H2,15,16,19). The molecule has 1 rings (SSSR count). The molecule has 1 aromatic carbocycles. The van der Waals surface area contributed by atoms with Gasteiger partial charge in [0.2, 0.25) is 0 Å². The predicted octanol–water partition coefficient (Wildman–Crippen LogP) is 0.936. The summed E-state index contributed by atoms with van der Waals surface area (Å²) in [7, 11) is 1.29. The first-order valence-electron chi connectivity index (χ1n) is 6.36. The van der Waals surface area contributed by atoms with Crippen LogP contribution in [0, 0.1) is 6.92 Å². The van der Waals surface area contributed by atoms with Crippen molar-refractivity contribution >= 4 is 12.0 Å². The van der Waals surface area contributed by atoms with Crippen LogP contribution in [0.5, 0.6) is 0 Å². The minimum absolute atomic E-state index is 0.0674. The van der Waals surface area contributed by atoms with E-state index in [9.17, 15) is 9.59 Å². The molecule has 2 amide bonds. The van der Waals surface area contributed by atoms with Crippen LogP contribution in [0.15, 0.2) is 24.3 Å². The number of carboxylic acids is 1. The number of carbonyl (C=O) groups is 2. The van der Waals surface area contributed by atoms with Crippen LogP contribution in [0.4, 0.5) is 4.79 Å². The third-order valence-corrected chi connectivity index (χ3v) is 2.95. The molecule has 0 saturated carbocycles. The number of carbonyl (C=O) groups excluding carboxylic acids is 1. The molecule has 1 aromatic rings. The number of aliphatic carboxylic acids is 1. The molecule has 6 heteroatoms. The zero-order chi connectivity index (χ0) is 15.0. The summed E-state index contributed by atoms with van der Waals surface area (Å²) >= 11 is 0. The fraction of sp³-hybridized carbons (Fsp3) is 0.429. The molecule has 110 valence electrons. The van der Waals surface area contributed by atoms with Crippen molar-refractivity contribution in [1.29, 1.82) is 0 Å². The molecule has 20 heavy (non-hydrogen) atoms. The summed E-state index contributed by atoms with van der Waals surface area (Å²) in [6, 6.07) is 7.56. The summed E-state index contributed by atoms with van der Waals surface area (Å²) in [5.74, 6) is -1.10. The molecule has 0 radical (unpaired) electrons. The number of methoxy groups -OCH3 is 1. The second-order valence-electron chi connectivity index (χ2n) is 4.38. The normalized spacial score (nSPS) is 11.7. The Labute approximate surface area is 118 Å². The Morgan fingerprint density at radius 2 is 2.00 bits per heavy atom. The van der Waals surface area contributed by atoms with Gasteiger partial charge in [-0.1, -0.05) is 24.3 Å². The fourth-order valence-electron chi connectivity index (χ4n) is 1.72. The van der Waals surface area contributed by atoms with Gasteiger partial charge in [0.1, 0.15) is 0 Å². The molecule has 0 heterocycles. The molecular formula is C14H20N2O4. The molecule has 0 fully saturated rings. The van der Waals surface area contributed by atoms with Crippen molar-refractivity contribution in [3.63, 3.8) is 0 Å². The number of aryl methyl sites for hydroxylation is 1. The molecular weight excluding hydrogens is 260 g/mol. The molecule has 0 bridgehead atoms. The van der Waals surface area contributed by atoms with Crippen LogP contribution in [-0.2, 0) is 16.0 Å². The lowest BCUT2D eigenvalue weighted by Gasteiger charge is -2.12. The van der Waals surface area contributed by atoms with Crippen molar-refractivity contribution in [3.8, 4) is 0 Å². The lowest BCUT2D eigenvalue weighted by atomic mass is 10.1. The van der Waals surface area contributed by atoms with Crippen molar-refractivity contribution in [2.24, 2.45) is 0 Å². The zero-order valence-corrected chi connectivity index (χ0v) is 11.7. The van der Waals surface area contributed by atoms with Crippen molar-refractivity contribution < 1.29 is 19.4 Å². The maximum absolute atomic E-state index is 11.5. The fourth-order valence-corrected chi connectivity index (χ4v) is 1.72. The Morgan fingerprint density at radius 3 is 2.60 bits per heavy atom. The van der Waals surface area contributed by atoms with Crippen molar-refractivity contribution in [2.75, 3.05) is 20.2 Å². The molecule has 0 spiro atoms. The second kappa shape index (κ2) is 8.16. The van der Waals surface area contributed by atoms with Gasteiger partial charge >= 0.3 is 12.0 Å². The van der Waals surface area contributed by atoms with Gasteiger partial charge in [-0.2, -0.15) is 0 Å². The second-order valence-corrected chi connectivity index (χ2v) is 4.38. The lowest BCUT2D eigenvalue weighted by molar-refractivity contribution is -0.147. The van der Waals surface area contributed by atoms with Gasteiger partial charge < -0.3 is 20.5 Å². The summed E-state index contributed by atoms with van der Waals surface area (Å²) < 4.78 is 4.71. The summed E-state index contributed by atoms with van der Waals surface area (Å²) in [5.41, 5.74) is 2.35. The summed E-state index contributed by atoms with van der Waals surface area (Å²) in [6.07, 6.45) is -0.302. The minimum atomic E-state index is -1.10. The molecule has 0 aliphatic carbocycles. The molecule has 6 nitrogen and oxygen atoms in total. The van der Waals surface area contributed by atoms with Gasteiger partial charge in [0.15, 0.2) is 6.10 Å². The SMILES string of the molecule is COC(CNC(=O)NCCc1ccccc1C)C(=O)O. The van der Waals surface area contributed by atoms with Crippen LogP contribution < -0.4 is 10.6 Å². The highest BCUT2D eigenvalue weighted by Gasteiger charge is 2.16. The maximum atomic E-state index is 11.5. The van der Waals surface area contributed by atoms with Crippen molar-refractivity contribution in [2.45, 2.75) is 19.4 Å². The van der Waals surface area contributed by atoms with Crippen LogP contribution in [0.2, 0.25) is 0 Å². The Bertz CT molecular complexity index is 462. The van der Waals surface area contributed by atoms with Crippen LogP contribution in [-0.4, -0.2) is 43.4 Å². The van der Waals surface area contributed by atoms with E-state index in [-0.39, 0.29) is 6.54 Å². The maximum Gasteiger partial charge on any atom is 0.334 e. The largest absolute Gasteiger partial charge is 0.479 e. The quantitative estimate of drug-likeness (QED) is 0.693. The van der Waals surface area contributed by atoms with E-state index in [4.69, 9.17) is 9.84 Å². The molecule has 0 aromatic heterocycles. The first-order valence-corrected chi connectivity index (χ1v) is 6.36. The Morgan fingerprint density at radius 1 is 1.30 bits per heavy atom. The van der Waals surface area contributed by atoms with Gasteiger partial charge in [-0.15, -0.1) is 0 Å². The minimum Gasteiger partial charge on any atom is -0.479 e. The Balaban J connectivity index is 2.27. The number of benzene rings is 1. The van der Waals surface area contributed by atoms with E-state index in [1.807, 2.05) is 31.2 Å². The highest BCUT2D eigenvalue weighted by Crippen LogP contribution is 2.06. The van der Waals surface area contributed by atoms with Crippen molar-refractivity contribution in [3.05, 3.63) is 35.4 Å². The van der Waals surface area contributed by atoms with Crippen LogP contribution in [0.1, 0.15) is 11.1 Å². The molecule has 3 N–H and O–H groups in total. The number of nitrogens with one attached hydrogen (secondary N) is 2. The Kier molecular flexibility index (Phi) is 6.52. The number of rotatable bonds is 7. The van der Waals surface area contributed by atoms with E-state index < -0.39 is 18.1 Å². The predicted molar refractivity (Wildman–Crippen MR) is 74.7 cm³/mol. The number of hydrogen-bond donors (Lipinski definition) is 3. The van der Waals surface area contributed by atoms with E-state index in [1.165, 1.54) is 18.2 Å². The number of carboxylic acid groups (broad SMARTS) is 1. The van der Waals surface area contributed by atoms with Crippen LogP contribution >= 0.6 is 0 Å². The Hall–Kier alpha value is -2.08. The molecule has 0 saturated heterocycles. The van der Waals surface area contributed by atoms with Gasteiger partial charge in [0.05, 0.1) is 6.54 Å². The van der Waals surface area contributed by atoms with Gasteiger partial charge in [-0.05, 0) is 24.5 Å². The third kappa shape index (κ3) is 5.27. The van der Waals surface area contributed by atoms with Gasteiger partial charge in [0.25, 0.3) is 0 Å². The van der Waals surface area contributed by atoms with Crippen molar-refractivity contribution in [1.82, 2.24) is 10.6 Å². The van der Waals surface area contributed by atoms with E-state index in [0.717, 1.165) is 6.42 Å². The van der Waals surface area contributed by atoms with Gasteiger partial charge in [0, 0.05) is 13.7 Å². The summed E-state index contributed by atoms with van der Waals surface area (Å²) in [6.45, 7) is 2.44. The average Bonchev–Trinajstić information content (AvgIpc) is 2.41.